The second kappa shape index (κ2) is 9.14. The molecule has 7 heteroatoms. The molecular weight excluding hydrogens is 347 g/mol. The molecule has 6 nitrogen and oxygen atoms in total. The Balaban J connectivity index is 1.99. The van der Waals surface area contributed by atoms with Gasteiger partial charge in [-0.05, 0) is 24.3 Å². The van der Waals surface area contributed by atoms with Gasteiger partial charge in [0.15, 0.2) is 0 Å². The number of anilines is 2. The van der Waals surface area contributed by atoms with Crippen LogP contribution < -0.4 is 20.4 Å². The van der Waals surface area contributed by atoms with Crippen LogP contribution in [0.4, 0.5) is 15.8 Å². The van der Waals surface area contributed by atoms with Crippen LogP contribution in [0.5, 0.6) is 0 Å². The highest BCUT2D eigenvalue weighted by Gasteiger charge is 2.22. The minimum atomic E-state index is -0.893. The molecule has 2 amide bonds. The number of likely N-dealkylation sites (N-methyl/N-ethyl adjacent to an activating group) is 1. The van der Waals surface area contributed by atoms with E-state index in [0.717, 1.165) is 16.2 Å². The monoisotopic (exact) mass is 373 g/mol. The molecule has 0 aliphatic carbocycles. The molecular formula is C20H26FN4O2+. The van der Waals surface area contributed by atoms with Crippen LogP contribution in [0.2, 0.25) is 0 Å². The molecule has 0 saturated carbocycles. The van der Waals surface area contributed by atoms with Crippen molar-refractivity contribution >= 4 is 23.2 Å². The molecule has 27 heavy (non-hydrogen) atoms. The molecule has 2 aromatic carbocycles. The van der Waals surface area contributed by atoms with Crippen molar-refractivity contribution < 1.29 is 18.9 Å². The number of carbonyl (C=O) groups is 2. The minimum Gasteiger partial charge on any atom is -0.378 e. The van der Waals surface area contributed by atoms with Crippen molar-refractivity contribution in [2.45, 2.75) is 6.04 Å². The molecule has 0 aliphatic rings. The van der Waals surface area contributed by atoms with Crippen molar-refractivity contribution in [3.63, 3.8) is 0 Å². The van der Waals surface area contributed by atoms with E-state index in [-0.39, 0.29) is 18.3 Å². The summed E-state index contributed by atoms with van der Waals surface area (Å²) in [6, 6.07) is 13.7. The highest BCUT2D eigenvalue weighted by Crippen LogP contribution is 2.16. The van der Waals surface area contributed by atoms with Gasteiger partial charge in [0.25, 0.3) is 0 Å². The average Bonchev–Trinajstić information content (AvgIpc) is 2.63. The van der Waals surface area contributed by atoms with Gasteiger partial charge in [0.2, 0.25) is 0 Å². The molecule has 0 spiro atoms. The van der Waals surface area contributed by atoms with E-state index in [4.69, 9.17) is 0 Å². The first kappa shape index (κ1) is 20.4. The summed E-state index contributed by atoms with van der Waals surface area (Å²) in [4.78, 5) is 27.2. The molecule has 2 rings (SSSR count). The summed E-state index contributed by atoms with van der Waals surface area (Å²) in [6.45, 7) is 0.285. The Morgan fingerprint density at radius 3 is 2.22 bits per heavy atom. The third kappa shape index (κ3) is 5.52. The number of nitrogens with zero attached hydrogens (tertiary/aromatic N) is 1. The third-order valence-electron chi connectivity index (χ3n) is 4.30. The van der Waals surface area contributed by atoms with Gasteiger partial charge in [0, 0.05) is 25.3 Å². The molecule has 0 unspecified atom stereocenters. The molecule has 144 valence electrons. The van der Waals surface area contributed by atoms with Gasteiger partial charge < -0.3 is 20.4 Å². The van der Waals surface area contributed by atoms with Crippen molar-refractivity contribution in [3.8, 4) is 0 Å². The summed E-state index contributed by atoms with van der Waals surface area (Å²) in [5.41, 5.74) is 2.11. The van der Waals surface area contributed by atoms with E-state index < -0.39 is 17.6 Å². The number of hydrogen-bond donors (Lipinski definition) is 3. The van der Waals surface area contributed by atoms with E-state index in [1.807, 2.05) is 57.4 Å². The van der Waals surface area contributed by atoms with Crippen LogP contribution in [-0.2, 0) is 9.59 Å². The molecule has 0 saturated heterocycles. The number of hydrogen-bond acceptors (Lipinski definition) is 3. The second-order valence-corrected chi connectivity index (χ2v) is 6.76. The molecule has 0 aromatic heterocycles. The topological polar surface area (TPSA) is 65.9 Å². The predicted molar refractivity (Wildman–Crippen MR) is 104 cm³/mol. The molecule has 0 bridgehead atoms. The number of rotatable bonds is 6. The van der Waals surface area contributed by atoms with Crippen molar-refractivity contribution in [1.29, 1.82) is 0 Å². The van der Waals surface area contributed by atoms with E-state index in [1.165, 1.54) is 18.2 Å². The van der Waals surface area contributed by atoms with Crippen molar-refractivity contribution in [2.75, 3.05) is 45.0 Å². The second-order valence-electron chi connectivity index (χ2n) is 6.76. The van der Waals surface area contributed by atoms with E-state index in [1.54, 1.807) is 6.07 Å². The zero-order chi connectivity index (χ0) is 20.0. The Morgan fingerprint density at radius 2 is 1.67 bits per heavy atom. The summed E-state index contributed by atoms with van der Waals surface area (Å²) in [6.07, 6.45) is 0. The Bertz CT molecular complexity index is 791. The van der Waals surface area contributed by atoms with Gasteiger partial charge in [-0.2, -0.15) is 0 Å². The van der Waals surface area contributed by atoms with Gasteiger partial charge >= 0.3 is 11.8 Å². The molecule has 3 N–H and O–H groups in total. The van der Waals surface area contributed by atoms with Crippen LogP contribution in [-0.4, -0.2) is 46.5 Å². The maximum absolute atomic E-state index is 13.6. The molecule has 0 aliphatic heterocycles. The number of benzene rings is 2. The lowest BCUT2D eigenvalue weighted by Gasteiger charge is -2.23. The maximum Gasteiger partial charge on any atom is 0.313 e. The molecule has 2 aromatic rings. The van der Waals surface area contributed by atoms with Gasteiger partial charge in [-0.25, -0.2) is 4.39 Å². The van der Waals surface area contributed by atoms with E-state index in [2.05, 4.69) is 10.6 Å². The highest BCUT2D eigenvalue weighted by molar-refractivity contribution is 6.39. The number of amides is 2. The number of nitrogens with one attached hydrogen (secondary N) is 3. The van der Waals surface area contributed by atoms with Gasteiger partial charge in [-0.1, -0.05) is 24.3 Å². The van der Waals surface area contributed by atoms with E-state index in [0.29, 0.717) is 0 Å². The van der Waals surface area contributed by atoms with E-state index in [9.17, 15) is 14.0 Å². The molecule has 0 heterocycles. The van der Waals surface area contributed by atoms with Gasteiger partial charge in [-0.3, -0.25) is 9.59 Å². The SMILES string of the molecule is CN(C)c1ccc([C@@H](CNC(=O)C(=O)Nc2ccccc2F)[NH+](C)C)cc1. The summed E-state index contributed by atoms with van der Waals surface area (Å²) < 4.78 is 13.6. The first-order chi connectivity index (χ1) is 12.8. The lowest BCUT2D eigenvalue weighted by molar-refractivity contribution is -0.890. The Morgan fingerprint density at radius 1 is 1.04 bits per heavy atom. The zero-order valence-corrected chi connectivity index (χ0v) is 16.0. The first-order valence-electron chi connectivity index (χ1n) is 8.70. The van der Waals surface area contributed by atoms with Gasteiger partial charge in [0.1, 0.15) is 11.9 Å². The van der Waals surface area contributed by atoms with Crippen LogP contribution in [0.25, 0.3) is 0 Å². The summed E-state index contributed by atoms with van der Waals surface area (Å²) in [5.74, 6) is -2.28. The average molecular weight is 373 g/mol. The van der Waals surface area contributed by atoms with Gasteiger partial charge in [0.05, 0.1) is 26.3 Å². The van der Waals surface area contributed by atoms with Crippen LogP contribution in [0.3, 0.4) is 0 Å². The Hall–Kier alpha value is -2.93. The lowest BCUT2D eigenvalue weighted by Crippen LogP contribution is -3.07. The molecule has 0 radical (unpaired) electrons. The maximum atomic E-state index is 13.6. The van der Waals surface area contributed by atoms with Crippen molar-refractivity contribution in [1.82, 2.24) is 5.32 Å². The summed E-state index contributed by atoms with van der Waals surface area (Å²) in [5, 5.41) is 4.92. The van der Waals surface area contributed by atoms with Crippen LogP contribution in [0, 0.1) is 5.82 Å². The minimum absolute atomic E-state index is 0.0216. The summed E-state index contributed by atoms with van der Waals surface area (Å²) in [7, 11) is 7.91. The highest BCUT2D eigenvalue weighted by atomic mass is 19.1. The van der Waals surface area contributed by atoms with Crippen LogP contribution in [0.1, 0.15) is 11.6 Å². The first-order valence-corrected chi connectivity index (χ1v) is 8.70. The van der Waals surface area contributed by atoms with Crippen LogP contribution >= 0.6 is 0 Å². The fraction of sp³-hybridized carbons (Fsp3) is 0.300. The van der Waals surface area contributed by atoms with Gasteiger partial charge in [-0.15, -0.1) is 0 Å². The fourth-order valence-corrected chi connectivity index (χ4v) is 2.68. The number of para-hydroxylation sites is 1. The number of quaternary nitrogens is 1. The summed E-state index contributed by atoms with van der Waals surface area (Å²) >= 11 is 0. The number of carbonyl (C=O) groups excluding carboxylic acids is 2. The molecule has 0 fully saturated rings. The van der Waals surface area contributed by atoms with Crippen molar-refractivity contribution in [3.05, 3.63) is 59.9 Å². The third-order valence-corrected chi connectivity index (χ3v) is 4.30. The zero-order valence-electron chi connectivity index (χ0n) is 16.0. The largest absolute Gasteiger partial charge is 0.378 e. The van der Waals surface area contributed by atoms with E-state index >= 15 is 0 Å². The predicted octanol–water partition coefficient (Wildman–Crippen LogP) is 0.832. The van der Waals surface area contributed by atoms with Crippen molar-refractivity contribution in [2.24, 2.45) is 0 Å². The quantitative estimate of drug-likeness (QED) is 0.658. The van der Waals surface area contributed by atoms with Crippen LogP contribution in [0.15, 0.2) is 48.5 Å². The lowest BCUT2D eigenvalue weighted by atomic mass is 10.1. The Kier molecular flexibility index (Phi) is 6.90. The normalized spacial score (nSPS) is 11.8. The standard InChI is InChI=1S/C20H25FN4O2/c1-24(2)15-11-9-14(10-12-15)18(25(3)4)13-22-19(26)20(27)23-17-8-6-5-7-16(17)21/h5-12,18H,13H2,1-4H3,(H,22,26)(H,23,27)/p+1/t18-/m1/s1. The molecule has 1 atom stereocenters. The number of halogens is 1. The Labute approximate surface area is 159 Å². The fourth-order valence-electron chi connectivity index (χ4n) is 2.68. The smallest absolute Gasteiger partial charge is 0.313 e.